The van der Waals surface area contributed by atoms with Crippen LogP contribution in [0, 0.1) is 0 Å². The first-order chi connectivity index (χ1) is 5.77. The quantitative estimate of drug-likeness (QED) is 0.529. The van der Waals surface area contributed by atoms with Gasteiger partial charge in [0.15, 0.2) is 0 Å². The molecule has 0 unspecified atom stereocenters. The Hall–Kier alpha value is -0.370. The summed E-state index contributed by atoms with van der Waals surface area (Å²) in [6, 6.07) is 0. The van der Waals surface area contributed by atoms with Crippen LogP contribution in [-0.2, 0) is 4.79 Å². The first kappa shape index (κ1) is 10.7. The zero-order valence-corrected chi connectivity index (χ0v) is 9.48. The highest BCUT2D eigenvalue weighted by Crippen LogP contribution is 2.35. The first-order valence-electron chi connectivity index (χ1n) is 5.08. The molecule has 0 aromatic heterocycles. The fourth-order valence-electron chi connectivity index (χ4n) is 2.85. The zero-order chi connectivity index (χ0) is 10.3. The van der Waals surface area contributed by atoms with Crippen LogP contribution in [0.1, 0.15) is 53.9 Å². The molecule has 1 radical (unpaired) electrons. The summed E-state index contributed by atoms with van der Waals surface area (Å²) >= 11 is 0. The van der Waals surface area contributed by atoms with Crippen molar-refractivity contribution in [1.82, 2.24) is 4.90 Å². The van der Waals surface area contributed by atoms with Crippen molar-refractivity contribution in [1.29, 1.82) is 0 Å². The molecule has 13 heavy (non-hydrogen) atoms. The van der Waals surface area contributed by atoms with E-state index in [4.69, 9.17) is 0 Å². The molecule has 75 valence electrons. The molecule has 0 bridgehead atoms. The Labute approximate surface area is 81.3 Å². The van der Waals surface area contributed by atoms with Crippen LogP contribution in [0.15, 0.2) is 0 Å². The maximum atomic E-state index is 11.6. The molecule has 0 aromatic carbocycles. The lowest BCUT2D eigenvalue weighted by molar-refractivity contribution is -0.132. The van der Waals surface area contributed by atoms with E-state index in [1.807, 2.05) is 4.90 Å². The molecule has 1 amide bonds. The molecule has 2 nitrogen and oxygen atoms in total. The monoisotopic (exact) mass is 183 g/mol. The molecule has 1 saturated heterocycles. The Morgan fingerprint density at radius 1 is 1.08 bits per heavy atom. The van der Waals surface area contributed by atoms with Gasteiger partial charge in [0.1, 0.15) is 11.1 Å². The highest BCUT2D eigenvalue weighted by atomic mass is 16.2. The van der Waals surface area contributed by atoms with E-state index in [1.165, 1.54) is 6.42 Å². The molecule has 1 fully saturated rings. The summed E-state index contributed by atoms with van der Waals surface area (Å²) in [7, 11) is 0. The van der Waals surface area contributed by atoms with Crippen LogP contribution in [0.2, 0.25) is 0 Å². The number of hydrogen-bond acceptors (Lipinski definition) is 1. The van der Waals surface area contributed by atoms with E-state index in [-0.39, 0.29) is 17.0 Å². The van der Waals surface area contributed by atoms with Gasteiger partial charge >= 0.3 is 5.91 Å². The van der Waals surface area contributed by atoms with Crippen LogP contribution in [0.4, 0.5) is 0 Å². The normalized spacial score (nSPS) is 27.2. The van der Waals surface area contributed by atoms with Crippen LogP contribution in [0.25, 0.3) is 0 Å². The summed E-state index contributed by atoms with van der Waals surface area (Å²) in [6.45, 7) is 10.3. The average molecular weight is 183 g/mol. The second-order valence-corrected chi connectivity index (χ2v) is 5.33. The Bertz CT molecular complexity index is 202. The van der Waals surface area contributed by atoms with Crippen LogP contribution in [-0.4, -0.2) is 17.0 Å². The van der Waals surface area contributed by atoms with Gasteiger partial charge in [-0.05, 0) is 34.1 Å². The standard InChI is InChI=1S/C11H21NO/c1-9(13)12-10(2,3)7-6-8-11(12,4)5/h6-8H2,1-5H3/q+1. The molecule has 1 aliphatic heterocycles. The first-order valence-corrected chi connectivity index (χ1v) is 5.08. The molecule has 0 saturated carbocycles. The number of amides is 1. The highest BCUT2D eigenvalue weighted by molar-refractivity contribution is 5.78. The van der Waals surface area contributed by atoms with E-state index in [0.717, 1.165) is 12.8 Å². The molecule has 0 aromatic rings. The third kappa shape index (κ3) is 1.93. The van der Waals surface area contributed by atoms with Crippen LogP contribution < -0.4 is 4.90 Å². The summed E-state index contributed by atoms with van der Waals surface area (Å²) in [5.74, 6) is 0.203. The van der Waals surface area contributed by atoms with Crippen molar-refractivity contribution in [2.24, 2.45) is 0 Å². The number of likely N-dealkylation sites (tertiary alicyclic amines) is 1. The third-order valence-corrected chi connectivity index (χ3v) is 3.10. The number of nitrogens with zero attached hydrogens (tertiary/aromatic N) is 1. The molecule has 0 atom stereocenters. The van der Waals surface area contributed by atoms with Gasteiger partial charge in [0.2, 0.25) is 0 Å². The van der Waals surface area contributed by atoms with Crippen molar-refractivity contribution in [2.45, 2.75) is 65.0 Å². The van der Waals surface area contributed by atoms with Gasteiger partial charge in [0.25, 0.3) is 0 Å². The minimum Gasteiger partial charge on any atom is -0.226 e. The second-order valence-electron chi connectivity index (χ2n) is 5.33. The van der Waals surface area contributed by atoms with Gasteiger partial charge in [-0.3, -0.25) is 0 Å². The molecular weight excluding hydrogens is 162 g/mol. The van der Waals surface area contributed by atoms with Crippen molar-refractivity contribution >= 4 is 5.91 Å². The minimum atomic E-state index is 0.0353. The maximum Gasteiger partial charge on any atom is 0.358 e. The number of piperidine rings is 1. The van der Waals surface area contributed by atoms with E-state index in [1.54, 1.807) is 6.92 Å². The smallest absolute Gasteiger partial charge is 0.226 e. The number of hydrogen-bond donors (Lipinski definition) is 0. The molecular formula is C11H21NO+. The van der Waals surface area contributed by atoms with Gasteiger partial charge in [-0.15, -0.1) is 0 Å². The third-order valence-electron chi connectivity index (χ3n) is 3.10. The molecule has 0 aliphatic carbocycles. The van der Waals surface area contributed by atoms with Gasteiger partial charge < -0.3 is 0 Å². The number of carbonyl (C=O) groups is 1. The molecule has 1 rings (SSSR count). The molecule has 1 aliphatic rings. The highest BCUT2D eigenvalue weighted by Gasteiger charge is 2.53. The van der Waals surface area contributed by atoms with Crippen molar-refractivity contribution < 1.29 is 4.79 Å². The lowest BCUT2D eigenvalue weighted by Gasteiger charge is -2.41. The van der Waals surface area contributed by atoms with E-state index in [2.05, 4.69) is 27.7 Å². The van der Waals surface area contributed by atoms with Crippen molar-refractivity contribution in [3.8, 4) is 0 Å². The second kappa shape index (κ2) is 3.09. The largest absolute Gasteiger partial charge is 0.358 e. The summed E-state index contributed by atoms with van der Waals surface area (Å²) in [6.07, 6.45) is 3.47. The SMILES string of the molecule is CC(=O)[N+]1C(C)(C)CCCC1(C)C. The lowest BCUT2D eigenvalue weighted by Crippen LogP contribution is -2.64. The molecule has 0 N–H and O–H groups in total. The molecule has 2 heteroatoms. The van der Waals surface area contributed by atoms with E-state index in [9.17, 15) is 4.79 Å². The fraction of sp³-hybridized carbons (Fsp3) is 0.909. The minimum absolute atomic E-state index is 0.0353. The molecule has 1 heterocycles. The Morgan fingerprint density at radius 2 is 1.46 bits per heavy atom. The summed E-state index contributed by atoms with van der Waals surface area (Å²) in [5, 5.41) is 0. The predicted molar refractivity (Wildman–Crippen MR) is 54.8 cm³/mol. The molecule has 0 spiro atoms. The van der Waals surface area contributed by atoms with E-state index < -0.39 is 0 Å². The summed E-state index contributed by atoms with van der Waals surface area (Å²) in [5.41, 5.74) is 0.0706. The van der Waals surface area contributed by atoms with Gasteiger partial charge in [0, 0.05) is 12.8 Å². The van der Waals surface area contributed by atoms with Crippen LogP contribution >= 0.6 is 0 Å². The Kier molecular flexibility index (Phi) is 2.54. The van der Waals surface area contributed by atoms with E-state index >= 15 is 0 Å². The average Bonchev–Trinajstić information content (AvgIpc) is 1.79. The van der Waals surface area contributed by atoms with Gasteiger partial charge in [-0.1, -0.05) is 4.90 Å². The Balaban J connectivity index is 2.98. The summed E-state index contributed by atoms with van der Waals surface area (Å²) < 4.78 is 0. The van der Waals surface area contributed by atoms with Crippen molar-refractivity contribution in [3.05, 3.63) is 0 Å². The predicted octanol–water partition coefficient (Wildman–Crippen LogP) is 2.41. The fourth-order valence-corrected chi connectivity index (χ4v) is 2.85. The van der Waals surface area contributed by atoms with Gasteiger partial charge in [-0.25, -0.2) is 4.79 Å². The Morgan fingerprint density at radius 3 is 1.69 bits per heavy atom. The van der Waals surface area contributed by atoms with Crippen LogP contribution in [0.3, 0.4) is 0 Å². The van der Waals surface area contributed by atoms with Crippen LogP contribution in [0.5, 0.6) is 0 Å². The lowest BCUT2D eigenvalue weighted by atomic mass is 9.80. The topological polar surface area (TPSA) is 23.0 Å². The zero-order valence-electron chi connectivity index (χ0n) is 9.48. The van der Waals surface area contributed by atoms with Crippen molar-refractivity contribution in [2.75, 3.05) is 0 Å². The maximum absolute atomic E-state index is 11.6. The number of carbonyl (C=O) groups excluding carboxylic acids is 1. The number of rotatable bonds is 0. The summed E-state index contributed by atoms with van der Waals surface area (Å²) in [4.78, 5) is 13.6. The van der Waals surface area contributed by atoms with Crippen molar-refractivity contribution in [3.63, 3.8) is 0 Å². The van der Waals surface area contributed by atoms with E-state index in [0.29, 0.717) is 0 Å². The van der Waals surface area contributed by atoms with Gasteiger partial charge in [-0.2, -0.15) is 0 Å². The van der Waals surface area contributed by atoms with Gasteiger partial charge in [0.05, 0.1) is 6.92 Å².